The molecule has 0 aliphatic carbocycles. The number of nitrogens with one attached hydrogen (secondary N) is 1. The van der Waals surface area contributed by atoms with Crippen molar-refractivity contribution >= 4 is 21.8 Å². The van der Waals surface area contributed by atoms with E-state index in [1.807, 2.05) is 0 Å². The van der Waals surface area contributed by atoms with Gasteiger partial charge in [0.05, 0.1) is 4.90 Å². The van der Waals surface area contributed by atoms with Gasteiger partial charge < -0.3 is 4.42 Å². The lowest BCUT2D eigenvalue weighted by Crippen LogP contribution is -2.23. The molecule has 0 bridgehead atoms. The average molecular weight is 362 g/mol. The number of nitrogens with zero attached hydrogens (tertiary/aromatic N) is 3. The van der Waals surface area contributed by atoms with Crippen LogP contribution in [0.25, 0.3) is 11.6 Å². The number of halogens is 1. The molecule has 8 nitrogen and oxygen atoms in total. The second kappa shape index (κ2) is 6.77. The largest absolute Gasteiger partial charge is 0.401 e. The Hall–Kier alpha value is -3.14. The molecule has 0 radical (unpaired) electrons. The molecule has 2 aromatic heterocycles. The molecule has 10 heteroatoms. The molecule has 0 atom stereocenters. The van der Waals surface area contributed by atoms with Crippen LogP contribution in [0.4, 0.5) is 10.4 Å². The van der Waals surface area contributed by atoms with Crippen molar-refractivity contribution in [2.75, 3.05) is 11.1 Å². The van der Waals surface area contributed by atoms with E-state index < -0.39 is 27.3 Å². The topological polar surface area (TPSA) is 115 Å². The SMILES string of the molecule is O=C(CS(=O)(=O)c1ccc(F)cc1)Nc1nnc(-c2ccccn2)o1. The molecule has 0 aliphatic rings. The van der Waals surface area contributed by atoms with Gasteiger partial charge in [-0.15, -0.1) is 5.10 Å². The fraction of sp³-hybridized carbons (Fsp3) is 0.0667. The van der Waals surface area contributed by atoms with Crippen LogP contribution in [-0.4, -0.2) is 35.3 Å². The van der Waals surface area contributed by atoms with Crippen LogP contribution in [0.5, 0.6) is 0 Å². The summed E-state index contributed by atoms with van der Waals surface area (Å²) in [5.74, 6) is -2.20. The van der Waals surface area contributed by atoms with Crippen molar-refractivity contribution in [2.45, 2.75) is 4.90 Å². The zero-order chi connectivity index (χ0) is 17.9. The maximum Gasteiger partial charge on any atom is 0.322 e. The van der Waals surface area contributed by atoms with Crippen LogP contribution < -0.4 is 5.32 Å². The molecule has 1 amide bonds. The van der Waals surface area contributed by atoms with Gasteiger partial charge in [-0.1, -0.05) is 11.2 Å². The maximum atomic E-state index is 12.9. The highest BCUT2D eigenvalue weighted by molar-refractivity contribution is 7.92. The molecule has 2 heterocycles. The highest BCUT2D eigenvalue weighted by Gasteiger charge is 2.21. The molecule has 128 valence electrons. The van der Waals surface area contributed by atoms with Crippen LogP contribution in [0, 0.1) is 5.82 Å². The van der Waals surface area contributed by atoms with Gasteiger partial charge in [0.15, 0.2) is 9.84 Å². The van der Waals surface area contributed by atoms with Crippen molar-refractivity contribution in [2.24, 2.45) is 0 Å². The van der Waals surface area contributed by atoms with Crippen LogP contribution in [0.2, 0.25) is 0 Å². The Morgan fingerprint density at radius 1 is 1.12 bits per heavy atom. The number of anilines is 1. The van der Waals surface area contributed by atoms with E-state index in [0.29, 0.717) is 5.69 Å². The number of rotatable bonds is 5. The predicted molar refractivity (Wildman–Crippen MR) is 84.6 cm³/mol. The third kappa shape index (κ3) is 4.04. The molecule has 0 aliphatic heterocycles. The summed E-state index contributed by atoms with van der Waals surface area (Å²) >= 11 is 0. The number of hydrogen-bond donors (Lipinski definition) is 1. The van der Waals surface area contributed by atoms with E-state index in [1.165, 1.54) is 6.20 Å². The number of hydrogen-bond acceptors (Lipinski definition) is 7. The second-order valence-corrected chi connectivity index (χ2v) is 6.88. The number of carbonyl (C=O) groups is 1. The number of aromatic nitrogens is 3. The molecule has 1 aromatic carbocycles. The summed E-state index contributed by atoms with van der Waals surface area (Å²) in [6.07, 6.45) is 1.53. The van der Waals surface area contributed by atoms with Gasteiger partial charge in [-0.25, -0.2) is 12.8 Å². The van der Waals surface area contributed by atoms with E-state index >= 15 is 0 Å². The first-order valence-corrected chi connectivity index (χ1v) is 8.62. The van der Waals surface area contributed by atoms with Gasteiger partial charge in [-0.2, -0.15) is 0 Å². The number of amides is 1. The summed E-state index contributed by atoms with van der Waals surface area (Å²) < 4.78 is 42.3. The third-order valence-corrected chi connectivity index (χ3v) is 4.68. The van der Waals surface area contributed by atoms with Gasteiger partial charge in [0.1, 0.15) is 17.3 Å². The fourth-order valence-corrected chi connectivity index (χ4v) is 3.05. The van der Waals surface area contributed by atoms with Crippen molar-refractivity contribution in [3.05, 3.63) is 54.5 Å². The van der Waals surface area contributed by atoms with Gasteiger partial charge in [0, 0.05) is 6.20 Å². The van der Waals surface area contributed by atoms with Gasteiger partial charge >= 0.3 is 6.01 Å². The Bertz CT molecular complexity index is 988. The summed E-state index contributed by atoms with van der Waals surface area (Å²) in [7, 11) is -3.92. The Morgan fingerprint density at radius 3 is 2.56 bits per heavy atom. The first-order valence-electron chi connectivity index (χ1n) is 6.97. The summed E-state index contributed by atoms with van der Waals surface area (Å²) in [6.45, 7) is 0. The molecule has 3 aromatic rings. The van der Waals surface area contributed by atoms with E-state index in [4.69, 9.17) is 4.42 Å². The molecule has 0 saturated carbocycles. The van der Waals surface area contributed by atoms with Gasteiger partial charge in [0.2, 0.25) is 5.91 Å². The molecule has 0 unspecified atom stereocenters. The highest BCUT2D eigenvalue weighted by atomic mass is 32.2. The van der Waals surface area contributed by atoms with Crippen LogP contribution >= 0.6 is 0 Å². The zero-order valence-electron chi connectivity index (χ0n) is 12.6. The van der Waals surface area contributed by atoms with Crippen LogP contribution in [-0.2, 0) is 14.6 Å². The molecule has 25 heavy (non-hydrogen) atoms. The quantitative estimate of drug-likeness (QED) is 0.687. The first-order chi connectivity index (χ1) is 11.9. The fourth-order valence-electron chi connectivity index (χ4n) is 1.92. The Morgan fingerprint density at radius 2 is 1.88 bits per heavy atom. The van der Waals surface area contributed by atoms with Gasteiger partial charge in [-0.3, -0.25) is 15.1 Å². The second-order valence-electron chi connectivity index (χ2n) is 4.89. The number of benzene rings is 1. The van der Waals surface area contributed by atoms with Crippen molar-refractivity contribution in [1.82, 2.24) is 15.2 Å². The molecular weight excluding hydrogens is 351 g/mol. The Labute approximate surface area is 141 Å². The number of pyridine rings is 1. The lowest BCUT2D eigenvalue weighted by atomic mass is 10.3. The minimum atomic E-state index is -3.92. The zero-order valence-corrected chi connectivity index (χ0v) is 13.4. The smallest absolute Gasteiger partial charge is 0.322 e. The number of carbonyl (C=O) groups excluding carboxylic acids is 1. The van der Waals surface area contributed by atoms with E-state index in [2.05, 4.69) is 20.5 Å². The minimum absolute atomic E-state index is 0.0808. The van der Waals surface area contributed by atoms with E-state index in [1.54, 1.807) is 18.2 Å². The molecule has 0 saturated heterocycles. The Kier molecular flexibility index (Phi) is 4.52. The minimum Gasteiger partial charge on any atom is -0.401 e. The van der Waals surface area contributed by atoms with Crippen LogP contribution in [0.3, 0.4) is 0 Å². The Balaban J connectivity index is 1.69. The summed E-state index contributed by atoms with van der Waals surface area (Å²) in [6, 6.07) is 9.00. The van der Waals surface area contributed by atoms with Crippen LogP contribution in [0.15, 0.2) is 58.0 Å². The number of sulfone groups is 1. The summed E-state index contributed by atoms with van der Waals surface area (Å²) in [5, 5.41) is 9.54. The summed E-state index contributed by atoms with van der Waals surface area (Å²) in [4.78, 5) is 15.8. The van der Waals surface area contributed by atoms with E-state index in [0.717, 1.165) is 24.3 Å². The van der Waals surface area contributed by atoms with Crippen molar-refractivity contribution in [3.63, 3.8) is 0 Å². The lowest BCUT2D eigenvalue weighted by molar-refractivity contribution is -0.114. The third-order valence-electron chi connectivity index (χ3n) is 3.05. The van der Waals surface area contributed by atoms with Crippen molar-refractivity contribution in [1.29, 1.82) is 0 Å². The highest BCUT2D eigenvalue weighted by Crippen LogP contribution is 2.17. The molecular formula is C15H11FN4O4S. The normalized spacial score (nSPS) is 11.2. The molecule has 0 spiro atoms. The lowest BCUT2D eigenvalue weighted by Gasteiger charge is -2.03. The van der Waals surface area contributed by atoms with Gasteiger partial charge in [-0.05, 0) is 36.4 Å². The van der Waals surface area contributed by atoms with Crippen molar-refractivity contribution in [3.8, 4) is 11.6 Å². The molecule has 0 fully saturated rings. The average Bonchev–Trinajstić information content (AvgIpc) is 3.04. The summed E-state index contributed by atoms with van der Waals surface area (Å²) in [5.41, 5.74) is 0.412. The predicted octanol–water partition coefficient (Wildman–Crippen LogP) is 1.68. The molecule has 3 rings (SSSR count). The van der Waals surface area contributed by atoms with E-state index in [9.17, 15) is 17.6 Å². The van der Waals surface area contributed by atoms with Gasteiger partial charge in [0.25, 0.3) is 5.89 Å². The maximum absolute atomic E-state index is 12.9. The molecule has 1 N–H and O–H groups in total. The standard InChI is InChI=1S/C15H11FN4O4S/c16-10-4-6-11(7-5-10)25(22,23)9-13(21)18-15-20-19-14(24-15)12-3-1-2-8-17-12/h1-8H,9H2,(H,18,20,21). The van der Waals surface area contributed by atoms with Crippen molar-refractivity contribution < 1.29 is 22.0 Å². The van der Waals surface area contributed by atoms with Crippen LogP contribution in [0.1, 0.15) is 0 Å². The first kappa shape index (κ1) is 16.7. The van der Waals surface area contributed by atoms with E-state index in [-0.39, 0.29) is 16.8 Å². The monoisotopic (exact) mass is 362 g/mol.